The monoisotopic (exact) mass is 334 g/mol. The highest BCUT2D eigenvalue weighted by molar-refractivity contribution is 5.95. The third-order valence-corrected chi connectivity index (χ3v) is 5.23. The summed E-state index contributed by atoms with van der Waals surface area (Å²) in [6.07, 6.45) is 0.784. The van der Waals surface area contributed by atoms with Gasteiger partial charge in [0.2, 0.25) is 0 Å². The van der Waals surface area contributed by atoms with E-state index in [1.54, 1.807) is 0 Å². The third-order valence-electron chi connectivity index (χ3n) is 5.23. The maximum Gasteiger partial charge on any atom is 0.128 e. The average molecular weight is 334 g/mol. The summed E-state index contributed by atoms with van der Waals surface area (Å²) in [6, 6.07) is 31.2. The first-order chi connectivity index (χ1) is 12.8. The molecule has 1 nitrogen and oxygen atoms in total. The van der Waals surface area contributed by atoms with Gasteiger partial charge >= 0.3 is 0 Å². The zero-order valence-electron chi connectivity index (χ0n) is 14.3. The average Bonchev–Trinajstić information content (AvgIpc) is 3.08. The molecule has 0 fully saturated rings. The number of hydrogen-bond acceptors (Lipinski definition) is 1. The van der Waals surface area contributed by atoms with Crippen LogP contribution in [0, 0.1) is 0 Å². The molecule has 0 aliphatic heterocycles. The van der Waals surface area contributed by atoms with Gasteiger partial charge in [0.25, 0.3) is 0 Å². The molecule has 1 aliphatic carbocycles. The molecule has 26 heavy (non-hydrogen) atoms. The number of hydrogen-bond donors (Lipinski definition) is 1. The number of benzene rings is 4. The Morgan fingerprint density at radius 3 is 1.92 bits per heavy atom. The lowest BCUT2D eigenvalue weighted by Crippen LogP contribution is -1.92. The molecule has 0 saturated heterocycles. The van der Waals surface area contributed by atoms with E-state index in [1.165, 1.54) is 11.1 Å². The van der Waals surface area contributed by atoms with Crippen molar-refractivity contribution in [2.45, 2.75) is 6.42 Å². The van der Waals surface area contributed by atoms with Gasteiger partial charge in [-0.1, -0.05) is 84.9 Å². The summed E-state index contributed by atoms with van der Waals surface area (Å²) < 4.78 is 0. The summed E-state index contributed by atoms with van der Waals surface area (Å²) in [6.45, 7) is 0. The van der Waals surface area contributed by atoms with Gasteiger partial charge in [0, 0.05) is 17.5 Å². The number of phenolic OH excluding ortho intramolecular Hbond substituents is 1. The van der Waals surface area contributed by atoms with Crippen LogP contribution in [0.25, 0.3) is 33.4 Å². The predicted octanol–water partition coefficient (Wildman–Crippen LogP) is 6.30. The zero-order valence-corrected chi connectivity index (χ0v) is 14.3. The van der Waals surface area contributed by atoms with E-state index in [2.05, 4.69) is 54.6 Å². The van der Waals surface area contributed by atoms with E-state index in [0.717, 1.165) is 39.8 Å². The Balaban J connectivity index is 1.85. The van der Waals surface area contributed by atoms with E-state index in [0.29, 0.717) is 5.75 Å². The molecular formula is C25H18O. The predicted molar refractivity (Wildman–Crippen MR) is 107 cm³/mol. The van der Waals surface area contributed by atoms with Crippen molar-refractivity contribution in [2.75, 3.05) is 0 Å². The Hall–Kier alpha value is -3.32. The van der Waals surface area contributed by atoms with Crippen molar-refractivity contribution in [1.29, 1.82) is 0 Å². The largest absolute Gasteiger partial charge is 0.507 e. The molecule has 124 valence electrons. The standard InChI is InChI=1S/C25H18O/c26-25-23-15-19-13-7-8-14-20(19)22(23)16-21(17-9-3-1-4-10-17)24(25)18-11-5-2-6-12-18/h1-14,16,26H,15H2. The maximum absolute atomic E-state index is 11.3. The van der Waals surface area contributed by atoms with Crippen LogP contribution >= 0.6 is 0 Å². The SMILES string of the molecule is Oc1c2c(cc(-c3ccccc3)c1-c1ccccc1)-c1ccccc1C2. The highest BCUT2D eigenvalue weighted by atomic mass is 16.3. The molecule has 4 aromatic carbocycles. The summed E-state index contributed by atoms with van der Waals surface area (Å²) in [5, 5.41) is 11.3. The van der Waals surface area contributed by atoms with Crippen LogP contribution in [0.4, 0.5) is 0 Å². The van der Waals surface area contributed by atoms with E-state index >= 15 is 0 Å². The van der Waals surface area contributed by atoms with Crippen molar-refractivity contribution in [3.05, 3.63) is 102 Å². The Kier molecular flexibility index (Phi) is 3.39. The lowest BCUT2D eigenvalue weighted by molar-refractivity contribution is 0.472. The Labute approximate surface area is 153 Å². The summed E-state index contributed by atoms with van der Waals surface area (Å²) in [5.74, 6) is 0.406. The minimum Gasteiger partial charge on any atom is -0.507 e. The smallest absolute Gasteiger partial charge is 0.128 e. The number of fused-ring (bicyclic) bond motifs is 3. The van der Waals surface area contributed by atoms with Crippen molar-refractivity contribution in [2.24, 2.45) is 0 Å². The summed E-state index contributed by atoms with van der Waals surface area (Å²) in [7, 11) is 0. The van der Waals surface area contributed by atoms with Crippen LogP contribution in [0.3, 0.4) is 0 Å². The second kappa shape index (κ2) is 5.89. The van der Waals surface area contributed by atoms with Crippen LogP contribution < -0.4 is 0 Å². The van der Waals surface area contributed by atoms with Gasteiger partial charge in [-0.05, 0) is 39.4 Å². The topological polar surface area (TPSA) is 20.2 Å². The molecule has 0 spiro atoms. The molecule has 0 radical (unpaired) electrons. The van der Waals surface area contributed by atoms with E-state index in [4.69, 9.17) is 0 Å². The number of phenols is 1. The quantitative estimate of drug-likeness (QED) is 0.402. The van der Waals surface area contributed by atoms with E-state index in [-0.39, 0.29) is 0 Å². The fraction of sp³-hybridized carbons (Fsp3) is 0.0400. The van der Waals surface area contributed by atoms with E-state index in [9.17, 15) is 5.11 Å². The Morgan fingerprint density at radius 2 is 1.19 bits per heavy atom. The van der Waals surface area contributed by atoms with Crippen molar-refractivity contribution in [1.82, 2.24) is 0 Å². The van der Waals surface area contributed by atoms with Crippen LogP contribution in [0.1, 0.15) is 11.1 Å². The van der Waals surface area contributed by atoms with Crippen molar-refractivity contribution in [3.8, 4) is 39.1 Å². The highest BCUT2D eigenvalue weighted by Crippen LogP contribution is 2.49. The number of aromatic hydroxyl groups is 1. The van der Waals surface area contributed by atoms with Gasteiger partial charge in [0.05, 0.1) is 0 Å². The fourth-order valence-corrected chi connectivity index (χ4v) is 4.00. The van der Waals surface area contributed by atoms with Crippen LogP contribution in [-0.2, 0) is 6.42 Å². The molecule has 0 amide bonds. The second-order valence-electron chi connectivity index (χ2n) is 6.74. The Morgan fingerprint density at radius 1 is 0.577 bits per heavy atom. The lowest BCUT2D eigenvalue weighted by atomic mass is 9.89. The van der Waals surface area contributed by atoms with Crippen molar-refractivity contribution < 1.29 is 5.11 Å². The first-order valence-corrected chi connectivity index (χ1v) is 8.91. The van der Waals surface area contributed by atoms with Crippen molar-refractivity contribution >= 4 is 0 Å². The molecule has 1 N–H and O–H groups in total. The summed E-state index contributed by atoms with van der Waals surface area (Å²) >= 11 is 0. The fourth-order valence-electron chi connectivity index (χ4n) is 4.00. The zero-order chi connectivity index (χ0) is 17.5. The molecule has 0 saturated carbocycles. The van der Waals surface area contributed by atoms with Crippen LogP contribution in [0.5, 0.6) is 5.75 Å². The summed E-state index contributed by atoms with van der Waals surface area (Å²) in [5.41, 5.74) is 8.85. The lowest BCUT2D eigenvalue weighted by Gasteiger charge is -2.16. The minimum atomic E-state index is 0.406. The van der Waals surface area contributed by atoms with Gasteiger partial charge in [-0.25, -0.2) is 0 Å². The van der Waals surface area contributed by atoms with Crippen molar-refractivity contribution in [3.63, 3.8) is 0 Å². The first kappa shape index (κ1) is 15.0. The van der Waals surface area contributed by atoms with Crippen LogP contribution in [0.15, 0.2) is 91.0 Å². The minimum absolute atomic E-state index is 0.406. The second-order valence-corrected chi connectivity index (χ2v) is 6.74. The van der Waals surface area contributed by atoms with Gasteiger partial charge in [-0.15, -0.1) is 0 Å². The van der Waals surface area contributed by atoms with Gasteiger partial charge in [-0.3, -0.25) is 0 Å². The van der Waals surface area contributed by atoms with Crippen LogP contribution in [0.2, 0.25) is 0 Å². The highest BCUT2D eigenvalue weighted by Gasteiger charge is 2.26. The van der Waals surface area contributed by atoms with Gasteiger partial charge < -0.3 is 5.11 Å². The third kappa shape index (κ3) is 2.25. The van der Waals surface area contributed by atoms with Gasteiger partial charge in [0.15, 0.2) is 0 Å². The molecule has 0 bridgehead atoms. The number of rotatable bonds is 2. The molecule has 0 atom stereocenters. The molecule has 0 unspecified atom stereocenters. The molecule has 1 heteroatoms. The maximum atomic E-state index is 11.3. The Bertz CT molecular complexity index is 1100. The van der Waals surface area contributed by atoms with Crippen LogP contribution in [-0.4, -0.2) is 5.11 Å². The molecule has 0 heterocycles. The first-order valence-electron chi connectivity index (χ1n) is 8.91. The molecule has 1 aliphatic rings. The van der Waals surface area contributed by atoms with E-state index in [1.807, 2.05) is 36.4 Å². The molecule has 4 aromatic rings. The normalized spacial score (nSPS) is 11.8. The molecule has 0 aromatic heterocycles. The summed E-state index contributed by atoms with van der Waals surface area (Å²) in [4.78, 5) is 0. The molecule has 5 rings (SSSR count). The van der Waals surface area contributed by atoms with Gasteiger partial charge in [0.1, 0.15) is 5.75 Å². The van der Waals surface area contributed by atoms with E-state index < -0.39 is 0 Å². The molecular weight excluding hydrogens is 316 g/mol. The van der Waals surface area contributed by atoms with Gasteiger partial charge in [-0.2, -0.15) is 0 Å².